The molecule has 0 aromatic rings. The van der Waals surface area contributed by atoms with Crippen molar-refractivity contribution in [2.24, 2.45) is 0 Å². The molecule has 0 N–H and O–H groups in total. The highest BCUT2D eigenvalue weighted by molar-refractivity contribution is 4.94. The number of hydrogen-bond donors (Lipinski definition) is 0. The van der Waals surface area contributed by atoms with Gasteiger partial charge in [0.1, 0.15) is 0 Å². The molecule has 0 aromatic carbocycles. The maximum absolute atomic E-state index is 2.63. The van der Waals surface area contributed by atoms with Crippen molar-refractivity contribution in [1.29, 1.82) is 0 Å². The van der Waals surface area contributed by atoms with Crippen LogP contribution in [-0.2, 0) is 0 Å². The Morgan fingerprint density at radius 2 is 1.58 bits per heavy atom. The van der Waals surface area contributed by atoms with Gasteiger partial charge in [-0.2, -0.15) is 0 Å². The van der Waals surface area contributed by atoms with Crippen molar-refractivity contribution in [3.05, 3.63) is 0 Å². The summed E-state index contributed by atoms with van der Waals surface area (Å²) in [7, 11) is 2.29. The van der Waals surface area contributed by atoms with Crippen LogP contribution in [0.2, 0.25) is 0 Å². The van der Waals surface area contributed by atoms with Gasteiger partial charge in [-0.1, -0.05) is 0 Å². The van der Waals surface area contributed by atoms with Crippen molar-refractivity contribution in [3.8, 4) is 0 Å². The summed E-state index contributed by atoms with van der Waals surface area (Å²) < 4.78 is 0. The van der Waals surface area contributed by atoms with E-state index < -0.39 is 0 Å². The fourth-order valence-corrected chi connectivity index (χ4v) is 2.57. The fraction of sp³-hybridized carbons (Fsp3) is 1.00. The topological polar surface area (TPSA) is 6.48 Å². The Labute approximate surface area is 75.5 Å². The molecule has 0 amide bonds. The smallest absolute Gasteiger partial charge is 0.0224 e. The summed E-state index contributed by atoms with van der Waals surface area (Å²) in [4.78, 5) is 5.21. The molecule has 2 aliphatic heterocycles. The van der Waals surface area contributed by atoms with Gasteiger partial charge < -0.3 is 0 Å². The van der Waals surface area contributed by atoms with E-state index in [1.54, 1.807) is 0 Å². The summed E-state index contributed by atoms with van der Waals surface area (Å²) in [5.41, 5.74) is 0. The van der Waals surface area contributed by atoms with E-state index in [2.05, 4.69) is 30.7 Å². The second-order valence-electron chi connectivity index (χ2n) is 4.60. The summed E-state index contributed by atoms with van der Waals surface area (Å²) in [6.45, 7) is 7.21. The molecule has 2 heteroatoms. The minimum absolute atomic E-state index is 0.738. The second kappa shape index (κ2) is 3.00. The number of likely N-dealkylation sites (N-methyl/N-ethyl adjacent to an activating group) is 1. The van der Waals surface area contributed by atoms with E-state index in [9.17, 15) is 0 Å². The van der Waals surface area contributed by atoms with Crippen molar-refractivity contribution in [2.45, 2.75) is 44.8 Å². The van der Waals surface area contributed by atoms with Crippen LogP contribution in [0.4, 0.5) is 0 Å². The molecule has 0 spiro atoms. The predicted octanol–water partition coefficient (Wildman–Crippen LogP) is 1.17. The van der Waals surface area contributed by atoms with E-state index in [4.69, 9.17) is 0 Å². The van der Waals surface area contributed by atoms with E-state index in [1.165, 1.54) is 25.9 Å². The van der Waals surface area contributed by atoms with E-state index >= 15 is 0 Å². The van der Waals surface area contributed by atoms with Crippen LogP contribution in [0, 0.1) is 0 Å². The van der Waals surface area contributed by atoms with Crippen LogP contribution in [0.25, 0.3) is 0 Å². The van der Waals surface area contributed by atoms with E-state index in [0.29, 0.717) is 0 Å². The van der Waals surface area contributed by atoms with Gasteiger partial charge in [-0.3, -0.25) is 9.80 Å². The van der Waals surface area contributed by atoms with Crippen LogP contribution < -0.4 is 0 Å². The SMILES string of the molecule is CC(C)N1CC2CC[C@H](C1)N2C. The van der Waals surface area contributed by atoms with Gasteiger partial charge in [0.15, 0.2) is 0 Å². The Bertz CT molecular complexity index is 153. The number of hydrogen-bond acceptors (Lipinski definition) is 2. The molecule has 0 saturated carbocycles. The van der Waals surface area contributed by atoms with Gasteiger partial charge in [0.2, 0.25) is 0 Å². The standard InChI is InChI=1S/C10H20N2/c1-8(2)12-6-9-4-5-10(7-12)11(9)3/h8-10H,4-7H2,1-3H3/t9-,10?/m1/s1. The van der Waals surface area contributed by atoms with Gasteiger partial charge in [-0.25, -0.2) is 0 Å². The quantitative estimate of drug-likeness (QED) is 0.580. The molecular formula is C10H20N2. The molecule has 2 bridgehead atoms. The molecule has 2 saturated heterocycles. The molecule has 0 aromatic heterocycles. The summed E-state index contributed by atoms with van der Waals surface area (Å²) in [5.74, 6) is 0. The number of rotatable bonds is 1. The number of fused-ring (bicyclic) bond motifs is 2. The van der Waals surface area contributed by atoms with Crippen LogP contribution in [0.15, 0.2) is 0 Å². The maximum Gasteiger partial charge on any atom is 0.0224 e. The zero-order valence-corrected chi connectivity index (χ0v) is 8.45. The first-order valence-corrected chi connectivity index (χ1v) is 5.14. The molecule has 2 aliphatic rings. The molecule has 0 aliphatic carbocycles. The molecule has 0 radical (unpaired) electrons. The van der Waals surface area contributed by atoms with Gasteiger partial charge in [0, 0.05) is 31.2 Å². The van der Waals surface area contributed by atoms with Gasteiger partial charge in [0.25, 0.3) is 0 Å². The van der Waals surface area contributed by atoms with Gasteiger partial charge in [-0.15, -0.1) is 0 Å². The van der Waals surface area contributed by atoms with Crippen LogP contribution >= 0.6 is 0 Å². The molecule has 2 rings (SSSR count). The lowest BCUT2D eigenvalue weighted by molar-refractivity contribution is 0.0682. The first kappa shape index (κ1) is 8.52. The first-order valence-electron chi connectivity index (χ1n) is 5.14. The molecular weight excluding hydrogens is 148 g/mol. The monoisotopic (exact) mass is 168 g/mol. The molecule has 2 fully saturated rings. The lowest BCUT2D eigenvalue weighted by Gasteiger charge is -2.40. The molecule has 2 nitrogen and oxygen atoms in total. The lowest BCUT2D eigenvalue weighted by atomic mass is 10.1. The molecule has 2 atom stereocenters. The Hall–Kier alpha value is -0.0800. The first-order chi connectivity index (χ1) is 5.68. The highest BCUT2D eigenvalue weighted by Crippen LogP contribution is 2.28. The van der Waals surface area contributed by atoms with Crippen LogP contribution in [-0.4, -0.2) is 48.1 Å². The third-order valence-electron chi connectivity index (χ3n) is 3.61. The van der Waals surface area contributed by atoms with Crippen molar-refractivity contribution in [3.63, 3.8) is 0 Å². The Morgan fingerprint density at radius 3 is 2.00 bits per heavy atom. The number of nitrogens with zero attached hydrogens (tertiary/aromatic N) is 2. The number of likely N-dealkylation sites (tertiary alicyclic amines) is 1. The third kappa shape index (κ3) is 1.27. The lowest BCUT2D eigenvalue weighted by Crippen LogP contribution is -2.53. The Balaban J connectivity index is 2.02. The Kier molecular flexibility index (Phi) is 2.13. The van der Waals surface area contributed by atoms with Crippen molar-refractivity contribution in [2.75, 3.05) is 20.1 Å². The number of piperazine rings is 1. The van der Waals surface area contributed by atoms with E-state index in [1.807, 2.05) is 0 Å². The molecule has 1 unspecified atom stereocenters. The zero-order valence-electron chi connectivity index (χ0n) is 8.45. The molecule has 70 valence electrons. The van der Waals surface area contributed by atoms with Crippen LogP contribution in [0.5, 0.6) is 0 Å². The van der Waals surface area contributed by atoms with Crippen LogP contribution in [0.1, 0.15) is 26.7 Å². The predicted molar refractivity (Wildman–Crippen MR) is 51.3 cm³/mol. The normalized spacial score (nSPS) is 38.0. The van der Waals surface area contributed by atoms with Gasteiger partial charge >= 0.3 is 0 Å². The van der Waals surface area contributed by atoms with Crippen molar-refractivity contribution >= 4 is 0 Å². The summed E-state index contributed by atoms with van der Waals surface area (Å²) >= 11 is 0. The second-order valence-corrected chi connectivity index (χ2v) is 4.60. The summed E-state index contributed by atoms with van der Waals surface area (Å²) in [6, 6.07) is 2.44. The minimum atomic E-state index is 0.738. The van der Waals surface area contributed by atoms with Crippen molar-refractivity contribution < 1.29 is 0 Å². The van der Waals surface area contributed by atoms with Gasteiger partial charge in [0.05, 0.1) is 0 Å². The highest BCUT2D eigenvalue weighted by Gasteiger charge is 2.37. The minimum Gasteiger partial charge on any atom is -0.298 e. The Morgan fingerprint density at radius 1 is 1.08 bits per heavy atom. The summed E-state index contributed by atoms with van der Waals surface area (Å²) in [6.07, 6.45) is 2.84. The molecule has 2 heterocycles. The fourth-order valence-electron chi connectivity index (χ4n) is 2.57. The van der Waals surface area contributed by atoms with E-state index in [-0.39, 0.29) is 0 Å². The maximum atomic E-state index is 2.63. The van der Waals surface area contributed by atoms with Crippen molar-refractivity contribution in [1.82, 2.24) is 9.80 Å². The highest BCUT2D eigenvalue weighted by atomic mass is 15.3. The average molecular weight is 168 g/mol. The third-order valence-corrected chi connectivity index (χ3v) is 3.61. The average Bonchev–Trinajstić information content (AvgIpc) is 2.30. The largest absolute Gasteiger partial charge is 0.298 e. The molecule has 12 heavy (non-hydrogen) atoms. The van der Waals surface area contributed by atoms with E-state index in [0.717, 1.165) is 18.1 Å². The van der Waals surface area contributed by atoms with Gasteiger partial charge in [-0.05, 0) is 33.7 Å². The zero-order chi connectivity index (χ0) is 8.72. The summed E-state index contributed by atoms with van der Waals surface area (Å²) in [5, 5.41) is 0. The van der Waals surface area contributed by atoms with Crippen LogP contribution in [0.3, 0.4) is 0 Å².